The van der Waals surface area contributed by atoms with E-state index in [1.165, 1.54) is 5.56 Å². The Labute approximate surface area is 138 Å². The molecule has 1 heterocycles. The molecule has 0 saturated heterocycles. The summed E-state index contributed by atoms with van der Waals surface area (Å²) in [6.45, 7) is 3.82. The van der Waals surface area contributed by atoms with Crippen LogP contribution in [0.25, 0.3) is 22.3 Å². The molecule has 3 aromatic rings. The molecular weight excluding hydrogens is 338 g/mol. The summed E-state index contributed by atoms with van der Waals surface area (Å²) in [5, 5.41) is 0. The summed E-state index contributed by atoms with van der Waals surface area (Å²) in [5.41, 5.74) is 5.73. The zero-order chi connectivity index (χ0) is 15.7. The third kappa shape index (κ3) is 2.64. The summed E-state index contributed by atoms with van der Waals surface area (Å²) in [6.07, 6.45) is 0. The van der Waals surface area contributed by atoms with Crippen LogP contribution in [0.3, 0.4) is 0 Å². The zero-order valence-corrected chi connectivity index (χ0v) is 14.1. The first kappa shape index (κ1) is 14.8. The van der Waals surface area contributed by atoms with Crippen molar-refractivity contribution in [1.82, 2.24) is 4.98 Å². The normalized spacial score (nSPS) is 10.7. The van der Waals surface area contributed by atoms with Gasteiger partial charge < -0.3 is 4.98 Å². The summed E-state index contributed by atoms with van der Waals surface area (Å²) in [7, 11) is 0. The van der Waals surface area contributed by atoms with Crippen molar-refractivity contribution < 1.29 is 0 Å². The maximum atomic E-state index is 12.5. The third-order valence-electron chi connectivity index (χ3n) is 3.79. The van der Waals surface area contributed by atoms with Gasteiger partial charge in [0, 0.05) is 17.0 Å². The average molecular weight is 354 g/mol. The van der Waals surface area contributed by atoms with Crippen LogP contribution in [0.4, 0.5) is 0 Å². The Kier molecular flexibility index (Phi) is 3.99. The second-order valence-electron chi connectivity index (χ2n) is 5.34. The number of nitrogens with one attached hydrogen (secondary N) is 1. The number of hydrogen-bond donors (Lipinski definition) is 1. The average Bonchev–Trinajstić information content (AvgIpc) is 2.54. The molecule has 0 aliphatic carbocycles. The van der Waals surface area contributed by atoms with Crippen molar-refractivity contribution in [3.8, 4) is 22.3 Å². The maximum Gasteiger partial charge on any atom is 0.204 e. The van der Waals surface area contributed by atoms with Crippen molar-refractivity contribution in [3.63, 3.8) is 0 Å². The van der Waals surface area contributed by atoms with Gasteiger partial charge in [0.15, 0.2) is 0 Å². The first-order valence-corrected chi connectivity index (χ1v) is 7.92. The number of rotatable bonds is 2. The van der Waals surface area contributed by atoms with Crippen molar-refractivity contribution in [1.29, 1.82) is 0 Å². The smallest absolute Gasteiger partial charge is 0.204 e. The molecule has 2 aromatic carbocycles. The number of hydrogen-bond acceptors (Lipinski definition) is 1. The standard InChI is InChI=1S/C19H16BrNO/c1-12-17(19(22)18(20)13(2)21-12)16-10-8-15(9-11-16)14-6-4-3-5-7-14/h3-11H,1-2H3,(H,21,22). The van der Waals surface area contributed by atoms with Gasteiger partial charge >= 0.3 is 0 Å². The minimum absolute atomic E-state index is 0.0289. The molecule has 3 heteroatoms. The monoisotopic (exact) mass is 353 g/mol. The molecule has 0 radical (unpaired) electrons. The fourth-order valence-corrected chi connectivity index (χ4v) is 2.95. The molecule has 0 amide bonds. The number of aromatic amines is 1. The highest BCUT2D eigenvalue weighted by Crippen LogP contribution is 2.26. The van der Waals surface area contributed by atoms with Crippen LogP contribution in [0.1, 0.15) is 11.4 Å². The minimum atomic E-state index is 0.0289. The van der Waals surface area contributed by atoms with Gasteiger partial charge in [-0.05, 0) is 46.5 Å². The van der Waals surface area contributed by atoms with Gasteiger partial charge in [0.2, 0.25) is 5.43 Å². The molecule has 110 valence electrons. The Morgan fingerprint density at radius 1 is 0.773 bits per heavy atom. The van der Waals surface area contributed by atoms with E-state index in [4.69, 9.17) is 0 Å². The summed E-state index contributed by atoms with van der Waals surface area (Å²) < 4.78 is 0.597. The lowest BCUT2D eigenvalue weighted by atomic mass is 9.99. The zero-order valence-electron chi connectivity index (χ0n) is 12.5. The van der Waals surface area contributed by atoms with Crippen LogP contribution >= 0.6 is 15.9 Å². The van der Waals surface area contributed by atoms with E-state index in [0.717, 1.165) is 28.1 Å². The molecule has 1 N–H and O–H groups in total. The van der Waals surface area contributed by atoms with Gasteiger partial charge in [-0.1, -0.05) is 54.6 Å². The van der Waals surface area contributed by atoms with Crippen LogP contribution in [0.2, 0.25) is 0 Å². The highest BCUT2D eigenvalue weighted by Gasteiger charge is 2.12. The van der Waals surface area contributed by atoms with Crippen LogP contribution in [-0.2, 0) is 0 Å². The van der Waals surface area contributed by atoms with Crippen molar-refractivity contribution in [2.24, 2.45) is 0 Å². The first-order chi connectivity index (χ1) is 10.6. The number of pyridine rings is 1. The molecule has 0 saturated carbocycles. The summed E-state index contributed by atoms with van der Waals surface area (Å²) in [5.74, 6) is 0. The molecule has 0 spiro atoms. The highest BCUT2D eigenvalue weighted by atomic mass is 79.9. The van der Waals surface area contributed by atoms with Crippen LogP contribution in [0, 0.1) is 13.8 Å². The molecule has 3 rings (SSSR count). The van der Waals surface area contributed by atoms with E-state index in [1.807, 2.05) is 44.2 Å². The Bertz CT molecular complexity index is 864. The predicted molar refractivity (Wildman–Crippen MR) is 95.1 cm³/mol. The number of aryl methyl sites for hydroxylation is 2. The van der Waals surface area contributed by atoms with E-state index < -0.39 is 0 Å². The number of halogens is 1. The Morgan fingerprint density at radius 3 is 1.95 bits per heavy atom. The van der Waals surface area contributed by atoms with Crippen LogP contribution < -0.4 is 5.43 Å². The molecule has 2 nitrogen and oxygen atoms in total. The predicted octanol–water partition coefficient (Wildman–Crippen LogP) is 5.09. The van der Waals surface area contributed by atoms with Gasteiger partial charge in [0.25, 0.3) is 0 Å². The fraction of sp³-hybridized carbons (Fsp3) is 0.105. The SMILES string of the molecule is Cc1[nH]c(C)c(-c2ccc(-c3ccccc3)cc2)c(=O)c1Br. The van der Waals surface area contributed by atoms with Gasteiger partial charge in [0.1, 0.15) is 0 Å². The number of benzene rings is 2. The second-order valence-corrected chi connectivity index (χ2v) is 6.13. The van der Waals surface area contributed by atoms with Crippen LogP contribution in [0.5, 0.6) is 0 Å². The van der Waals surface area contributed by atoms with Crippen molar-refractivity contribution in [3.05, 3.63) is 80.7 Å². The summed E-state index contributed by atoms with van der Waals surface area (Å²) in [4.78, 5) is 15.7. The highest BCUT2D eigenvalue weighted by molar-refractivity contribution is 9.10. The van der Waals surface area contributed by atoms with Gasteiger partial charge in [-0.25, -0.2) is 0 Å². The Hall–Kier alpha value is -2.13. The van der Waals surface area contributed by atoms with E-state index >= 15 is 0 Å². The van der Waals surface area contributed by atoms with E-state index in [0.29, 0.717) is 4.47 Å². The molecule has 0 bridgehead atoms. The third-order valence-corrected chi connectivity index (χ3v) is 4.74. The van der Waals surface area contributed by atoms with Gasteiger partial charge in [-0.3, -0.25) is 4.79 Å². The van der Waals surface area contributed by atoms with E-state index in [-0.39, 0.29) is 5.43 Å². The van der Waals surface area contributed by atoms with Crippen molar-refractivity contribution >= 4 is 15.9 Å². The summed E-state index contributed by atoms with van der Waals surface area (Å²) >= 11 is 3.37. The fourth-order valence-electron chi connectivity index (χ4n) is 2.66. The molecule has 0 aliphatic rings. The molecule has 0 fully saturated rings. The molecule has 0 aliphatic heterocycles. The molecular formula is C19H16BrNO. The lowest BCUT2D eigenvalue weighted by Gasteiger charge is -2.10. The van der Waals surface area contributed by atoms with E-state index in [1.54, 1.807) is 0 Å². The topological polar surface area (TPSA) is 32.9 Å². The van der Waals surface area contributed by atoms with Crippen molar-refractivity contribution in [2.75, 3.05) is 0 Å². The Morgan fingerprint density at radius 2 is 1.32 bits per heavy atom. The van der Waals surface area contributed by atoms with E-state index in [2.05, 4.69) is 45.2 Å². The molecule has 1 aromatic heterocycles. The molecule has 0 atom stereocenters. The largest absolute Gasteiger partial charge is 0.361 e. The minimum Gasteiger partial charge on any atom is -0.361 e. The quantitative estimate of drug-likeness (QED) is 0.683. The number of aromatic nitrogens is 1. The lowest BCUT2D eigenvalue weighted by Crippen LogP contribution is -2.11. The lowest BCUT2D eigenvalue weighted by molar-refractivity contribution is 1.10. The van der Waals surface area contributed by atoms with Crippen molar-refractivity contribution in [2.45, 2.75) is 13.8 Å². The van der Waals surface area contributed by atoms with Crippen LogP contribution in [-0.4, -0.2) is 4.98 Å². The summed E-state index contributed by atoms with van der Waals surface area (Å²) in [6, 6.07) is 18.3. The van der Waals surface area contributed by atoms with Gasteiger partial charge in [0.05, 0.1) is 4.47 Å². The second kappa shape index (κ2) is 5.93. The Balaban J connectivity index is 2.08. The molecule has 0 unspecified atom stereocenters. The van der Waals surface area contributed by atoms with Crippen LogP contribution in [0.15, 0.2) is 63.9 Å². The first-order valence-electron chi connectivity index (χ1n) is 7.13. The van der Waals surface area contributed by atoms with Gasteiger partial charge in [-0.15, -0.1) is 0 Å². The maximum absolute atomic E-state index is 12.5. The number of H-pyrrole nitrogens is 1. The molecule has 22 heavy (non-hydrogen) atoms. The van der Waals surface area contributed by atoms with Gasteiger partial charge in [-0.2, -0.15) is 0 Å². The van der Waals surface area contributed by atoms with E-state index in [9.17, 15) is 4.79 Å².